The van der Waals surface area contributed by atoms with E-state index in [2.05, 4.69) is 5.32 Å². The van der Waals surface area contributed by atoms with Gasteiger partial charge in [-0.25, -0.2) is 0 Å². The molecule has 0 aliphatic carbocycles. The van der Waals surface area contributed by atoms with E-state index in [0.717, 1.165) is 0 Å². The highest BCUT2D eigenvalue weighted by Gasteiger charge is 2.34. The summed E-state index contributed by atoms with van der Waals surface area (Å²) < 4.78 is 0. The molecule has 7 heteroatoms. The second-order valence-electron chi connectivity index (χ2n) is 4.87. The predicted molar refractivity (Wildman–Crippen MR) is 72.2 cm³/mol. The zero-order valence-electron chi connectivity index (χ0n) is 11.3. The number of nitro benzene ring substituents is 1. The smallest absolute Gasteiger partial charge is 0.269 e. The highest BCUT2D eigenvalue weighted by atomic mass is 16.6. The number of carbonyl (C=O) groups excluding carboxylic acids is 2. The van der Waals surface area contributed by atoms with Crippen molar-refractivity contribution >= 4 is 23.2 Å². The van der Waals surface area contributed by atoms with Gasteiger partial charge in [0.2, 0.25) is 11.8 Å². The molecule has 0 unspecified atom stereocenters. The van der Waals surface area contributed by atoms with E-state index in [4.69, 9.17) is 0 Å². The van der Waals surface area contributed by atoms with Crippen molar-refractivity contribution < 1.29 is 14.5 Å². The van der Waals surface area contributed by atoms with E-state index in [9.17, 15) is 19.7 Å². The van der Waals surface area contributed by atoms with Gasteiger partial charge in [0.25, 0.3) is 5.69 Å². The van der Waals surface area contributed by atoms with E-state index in [-0.39, 0.29) is 23.4 Å². The summed E-state index contributed by atoms with van der Waals surface area (Å²) >= 11 is 0. The van der Waals surface area contributed by atoms with Gasteiger partial charge in [-0.3, -0.25) is 19.7 Å². The highest BCUT2D eigenvalue weighted by Crippen LogP contribution is 2.23. The minimum absolute atomic E-state index is 0.00750. The summed E-state index contributed by atoms with van der Waals surface area (Å²) in [6, 6.07) is 4.29. The van der Waals surface area contributed by atoms with Gasteiger partial charge in [0.1, 0.15) is 0 Å². The fraction of sp³-hybridized carbons (Fsp3) is 0.385. The van der Waals surface area contributed by atoms with Crippen LogP contribution in [0.1, 0.15) is 12.5 Å². The lowest BCUT2D eigenvalue weighted by Crippen LogP contribution is -2.53. The lowest BCUT2D eigenvalue weighted by atomic mass is 9.99. The van der Waals surface area contributed by atoms with Crippen LogP contribution in [0.5, 0.6) is 0 Å². The molecule has 0 bridgehead atoms. The molecular weight excluding hydrogens is 262 g/mol. The van der Waals surface area contributed by atoms with Crippen molar-refractivity contribution in [2.75, 3.05) is 18.4 Å². The Bertz CT molecular complexity index is 579. The van der Waals surface area contributed by atoms with Crippen molar-refractivity contribution in [2.45, 2.75) is 13.8 Å². The SMILES string of the molecule is CC(=O)N1CC(C(=O)Nc2ccc([N+](=O)[O-])cc2C)C1. The molecule has 1 heterocycles. The summed E-state index contributed by atoms with van der Waals surface area (Å²) in [5.74, 6) is -0.423. The minimum Gasteiger partial charge on any atom is -0.341 e. The molecule has 1 saturated heterocycles. The number of anilines is 1. The van der Waals surface area contributed by atoms with Crippen LogP contribution in [-0.2, 0) is 9.59 Å². The Morgan fingerprint density at radius 3 is 2.55 bits per heavy atom. The fourth-order valence-electron chi connectivity index (χ4n) is 2.04. The van der Waals surface area contributed by atoms with Crippen molar-refractivity contribution in [1.29, 1.82) is 0 Å². The first-order valence-electron chi connectivity index (χ1n) is 6.20. The Hall–Kier alpha value is -2.44. The largest absolute Gasteiger partial charge is 0.341 e. The third-order valence-corrected chi connectivity index (χ3v) is 3.38. The molecule has 2 amide bonds. The van der Waals surface area contributed by atoms with Crippen LogP contribution in [0.15, 0.2) is 18.2 Å². The van der Waals surface area contributed by atoms with Gasteiger partial charge < -0.3 is 10.2 Å². The molecular formula is C13H15N3O4. The first-order chi connectivity index (χ1) is 9.38. The van der Waals surface area contributed by atoms with Gasteiger partial charge in [0, 0.05) is 37.8 Å². The molecule has 106 valence electrons. The number of amides is 2. The number of carbonyl (C=O) groups is 2. The van der Waals surface area contributed by atoms with Crippen molar-refractivity contribution in [1.82, 2.24) is 4.90 Å². The molecule has 1 aliphatic rings. The third kappa shape index (κ3) is 2.76. The molecule has 20 heavy (non-hydrogen) atoms. The molecule has 1 aliphatic heterocycles. The molecule has 1 aromatic carbocycles. The van der Waals surface area contributed by atoms with Gasteiger partial charge in [-0.15, -0.1) is 0 Å². The first-order valence-corrected chi connectivity index (χ1v) is 6.20. The fourth-order valence-corrected chi connectivity index (χ4v) is 2.04. The maximum Gasteiger partial charge on any atom is 0.269 e. The number of nitro groups is 1. The second-order valence-corrected chi connectivity index (χ2v) is 4.87. The van der Waals surface area contributed by atoms with Crippen LogP contribution in [0.4, 0.5) is 11.4 Å². The predicted octanol–water partition coefficient (Wildman–Crippen LogP) is 1.32. The average Bonchev–Trinajstić information content (AvgIpc) is 2.28. The van der Waals surface area contributed by atoms with Gasteiger partial charge in [0.05, 0.1) is 10.8 Å². The van der Waals surface area contributed by atoms with Crippen LogP contribution in [0, 0.1) is 23.0 Å². The van der Waals surface area contributed by atoms with Gasteiger partial charge >= 0.3 is 0 Å². The summed E-state index contributed by atoms with van der Waals surface area (Å²) in [4.78, 5) is 34.7. The van der Waals surface area contributed by atoms with Crippen LogP contribution in [0.2, 0.25) is 0 Å². The summed E-state index contributed by atoms with van der Waals surface area (Å²) in [5, 5.41) is 13.4. The molecule has 0 saturated carbocycles. The Labute approximate surface area is 115 Å². The standard InChI is InChI=1S/C13H15N3O4/c1-8-5-11(16(19)20)3-4-12(8)14-13(18)10-6-15(7-10)9(2)17/h3-5,10H,6-7H2,1-2H3,(H,14,18). The maximum absolute atomic E-state index is 12.0. The van der Waals surface area contributed by atoms with Gasteiger partial charge in [0.15, 0.2) is 0 Å². The van der Waals surface area contributed by atoms with Crippen molar-refractivity contribution in [3.63, 3.8) is 0 Å². The van der Waals surface area contributed by atoms with Gasteiger partial charge in [-0.1, -0.05) is 0 Å². The number of benzene rings is 1. The number of hydrogen-bond acceptors (Lipinski definition) is 4. The quantitative estimate of drug-likeness (QED) is 0.666. The van der Waals surface area contributed by atoms with Crippen LogP contribution in [0.25, 0.3) is 0 Å². The van der Waals surface area contributed by atoms with Crippen molar-refractivity contribution in [2.24, 2.45) is 5.92 Å². The van der Waals surface area contributed by atoms with Crippen LogP contribution in [0.3, 0.4) is 0 Å². The Morgan fingerprint density at radius 1 is 1.40 bits per heavy atom. The topological polar surface area (TPSA) is 92.6 Å². The molecule has 0 aromatic heterocycles. The van der Waals surface area contributed by atoms with E-state index in [1.807, 2.05) is 0 Å². The summed E-state index contributed by atoms with van der Waals surface area (Å²) in [6.07, 6.45) is 0. The van der Waals surface area contributed by atoms with E-state index in [1.165, 1.54) is 25.1 Å². The van der Waals surface area contributed by atoms with Crippen molar-refractivity contribution in [3.8, 4) is 0 Å². The molecule has 1 aromatic rings. The number of likely N-dealkylation sites (tertiary alicyclic amines) is 1. The molecule has 7 nitrogen and oxygen atoms in total. The average molecular weight is 277 g/mol. The summed E-state index contributed by atoms with van der Waals surface area (Å²) in [7, 11) is 0. The van der Waals surface area contributed by atoms with E-state index < -0.39 is 4.92 Å². The molecule has 1 fully saturated rings. The lowest BCUT2D eigenvalue weighted by molar-refractivity contribution is -0.384. The highest BCUT2D eigenvalue weighted by molar-refractivity contribution is 5.95. The number of aryl methyl sites for hydroxylation is 1. The van der Waals surface area contributed by atoms with Crippen molar-refractivity contribution in [3.05, 3.63) is 33.9 Å². The van der Waals surface area contributed by atoms with Gasteiger partial charge in [-0.05, 0) is 18.6 Å². The Kier molecular flexibility index (Phi) is 3.69. The number of nitrogens with zero attached hydrogens (tertiary/aromatic N) is 2. The molecule has 2 rings (SSSR count). The van der Waals surface area contributed by atoms with Crippen LogP contribution < -0.4 is 5.32 Å². The summed E-state index contributed by atoms with van der Waals surface area (Å²) in [6.45, 7) is 4.01. The molecule has 1 N–H and O–H groups in total. The lowest BCUT2D eigenvalue weighted by Gasteiger charge is -2.37. The first kappa shape index (κ1) is 14.0. The molecule has 0 radical (unpaired) electrons. The Morgan fingerprint density at radius 2 is 2.05 bits per heavy atom. The van der Waals surface area contributed by atoms with E-state index >= 15 is 0 Å². The number of nitrogens with one attached hydrogen (secondary N) is 1. The number of non-ortho nitro benzene ring substituents is 1. The summed E-state index contributed by atoms with van der Waals surface area (Å²) in [5.41, 5.74) is 1.18. The third-order valence-electron chi connectivity index (χ3n) is 3.38. The number of hydrogen-bond donors (Lipinski definition) is 1. The molecule has 0 spiro atoms. The normalized spacial score (nSPS) is 14.6. The van der Waals surface area contributed by atoms with Gasteiger partial charge in [-0.2, -0.15) is 0 Å². The monoisotopic (exact) mass is 277 g/mol. The zero-order valence-corrected chi connectivity index (χ0v) is 11.3. The second kappa shape index (κ2) is 5.28. The minimum atomic E-state index is -0.477. The number of rotatable bonds is 3. The zero-order chi connectivity index (χ0) is 14.9. The maximum atomic E-state index is 12.0. The Balaban J connectivity index is 1.99. The van der Waals surface area contributed by atoms with Crippen LogP contribution >= 0.6 is 0 Å². The van der Waals surface area contributed by atoms with Crippen LogP contribution in [-0.4, -0.2) is 34.7 Å². The van der Waals surface area contributed by atoms with E-state index in [0.29, 0.717) is 24.3 Å². The molecule has 0 atom stereocenters. The van der Waals surface area contributed by atoms with E-state index in [1.54, 1.807) is 11.8 Å².